The fourth-order valence-electron chi connectivity index (χ4n) is 4.56. The predicted octanol–water partition coefficient (Wildman–Crippen LogP) is 2.27. The number of benzene rings is 3. The van der Waals surface area contributed by atoms with E-state index in [9.17, 15) is 18.0 Å². The highest BCUT2D eigenvalue weighted by atomic mass is 32.2. The number of carbonyl (C=O) groups is 2. The highest BCUT2D eigenvalue weighted by molar-refractivity contribution is 7.89. The van der Waals surface area contributed by atoms with Gasteiger partial charge in [0.1, 0.15) is 11.9 Å². The van der Waals surface area contributed by atoms with Gasteiger partial charge >= 0.3 is 6.09 Å². The minimum Gasteiger partial charge on any atom is -0.465 e. The van der Waals surface area contributed by atoms with Gasteiger partial charge in [-0.05, 0) is 53.8 Å². The van der Waals surface area contributed by atoms with Gasteiger partial charge in [-0.1, -0.05) is 48.5 Å². The van der Waals surface area contributed by atoms with Gasteiger partial charge in [0.05, 0.1) is 4.90 Å². The number of nitrogens with zero attached hydrogens (tertiary/aromatic N) is 1. The predicted molar refractivity (Wildman–Crippen MR) is 140 cm³/mol. The average Bonchev–Trinajstić information content (AvgIpc) is 2.87. The highest BCUT2D eigenvalue weighted by Gasteiger charge is 2.33. The number of carboxylic acid groups (broad SMARTS) is 1. The summed E-state index contributed by atoms with van der Waals surface area (Å²) in [5.74, 6) is -0.588. The Labute approximate surface area is 215 Å². The molecule has 1 aliphatic heterocycles. The Kier molecular flexibility index (Phi) is 7.74. The van der Waals surface area contributed by atoms with Crippen LogP contribution < -0.4 is 15.8 Å². The van der Waals surface area contributed by atoms with Crippen LogP contribution in [0.1, 0.15) is 24.0 Å². The first-order valence-corrected chi connectivity index (χ1v) is 13.3. The molecule has 1 heterocycles. The third-order valence-electron chi connectivity index (χ3n) is 6.37. The van der Waals surface area contributed by atoms with Crippen molar-refractivity contribution >= 4 is 38.6 Å². The molecule has 10 nitrogen and oxygen atoms in total. The Morgan fingerprint density at radius 1 is 1.08 bits per heavy atom. The highest BCUT2D eigenvalue weighted by Crippen LogP contribution is 2.21. The van der Waals surface area contributed by atoms with E-state index in [-0.39, 0.29) is 23.7 Å². The van der Waals surface area contributed by atoms with E-state index in [2.05, 4.69) is 10.0 Å². The number of nitrogens with two attached hydrogens (primary N) is 1. The lowest BCUT2D eigenvalue weighted by Gasteiger charge is -2.35. The molecule has 3 aromatic rings. The largest absolute Gasteiger partial charge is 0.465 e. The van der Waals surface area contributed by atoms with Crippen molar-refractivity contribution in [2.75, 3.05) is 13.1 Å². The van der Waals surface area contributed by atoms with E-state index in [0.717, 1.165) is 10.8 Å². The first-order chi connectivity index (χ1) is 17.6. The Hall–Kier alpha value is -3.96. The molecule has 6 N–H and O–H groups in total. The van der Waals surface area contributed by atoms with Gasteiger partial charge in [-0.2, -0.15) is 4.72 Å². The Morgan fingerprint density at radius 3 is 2.57 bits per heavy atom. The monoisotopic (exact) mass is 523 g/mol. The third kappa shape index (κ3) is 6.43. The van der Waals surface area contributed by atoms with Crippen molar-refractivity contribution in [1.82, 2.24) is 14.9 Å². The van der Waals surface area contributed by atoms with Crippen molar-refractivity contribution in [1.29, 1.82) is 5.41 Å². The standard InChI is InChI=1S/C26H29N5O5S/c27-24(28)20-8-3-5-17(13-20)14-23(25(32)31-12-4-9-21(16-31)29-26(33)34)30-37(35,36)22-11-10-18-6-1-2-7-19(18)15-22/h1-3,5-8,10-11,13,15,21,23,29-30H,4,9,12,14,16H2,(H3,27,28)(H,33,34)/t21-,23+/m1/s1. The molecule has 0 aromatic heterocycles. The van der Waals surface area contributed by atoms with E-state index in [1.165, 1.54) is 11.0 Å². The lowest BCUT2D eigenvalue weighted by Crippen LogP contribution is -2.55. The van der Waals surface area contributed by atoms with Crippen LogP contribution in [0.25, 0.3) is 10.8 Å². The van der Waals surface area contributed by atoms with E-state index in [0.29, 0.717) is 30.5 Å². The summed E-state index contributed by atoms with van der Waals surface area (Å²) in [6.45, 7) is 0.533. The van der Waals surface area contributed by atoms with Crippen molar-refractivity contribution in [3.05, 3.63) is 77.9 Å². The zero-order chi connectivity index (χ0) is 26.6. The van der Waals surface area contributed by atoms with Crippen molar-refractivity contribution in [2.24, 2.45) is 5.73 Å². The fourth-order valence-corrected chi connectivity index (χ4v) is 5.79. The maximum Gasteiger partial charge on any atom is 0.404 e. The van der Waals surface area contributed by atoms with Gasteiger partial charge in [-0.15, -0.1) is 0 Å². The van der Waals surface area contributed by atoms with Crippen LogP contribution in [0.3, 0.4) is 0 Å². The molecule has 0 unspecified atom stereocenters. The van der Waals surface area contributed by atoms with Crippen LogP contribution in [-0.4, -0.2) is 61.4 Å². The quantitative estimate of drug-likeness (QED) is 0.224. The Bertz CT molecular complexity index is 1440. The topological polar surface area (TPSA) is 166 Å². The summed E-state index contributed by atoms with van der Waals surface area (Å²) in [5, 5.41) is 20.8. The molecule has 0 spiro atoms. The van der Waals surface area contributed by atoms with Crippen LogP contribution in [0.15, 0.2) is 71.6 Å². The van der Waals surface area contributed by atoms with Gasteiger partial charge in [0.2, 0.25) is 15.9 Å². The van der Waals surface area contributed by atoms with Crippen molar-refractivity contribution in [2.45, 2.75) is 36.2 Å². The molecule has 194 valence electrons. The number of hydrogen-bond donors (Lipinski definition) is 5. The number of nitrogens with one attached hydrogen (secondary N) is 3. The number of carbonyl (C=O) groups excluding carboxylic acids is 1. The van der Waals surface area contributed by atoms with Crippen molar-refractivity contribution < 1.29 is 23.1 Å². The normalized spacial score (nSPS) is 16.8. The molecule has 1 fully saturated rings. The molecule has 2 amide bonds. The third-order valence-corrected chi connectivity index (χ3v) is 7.83. The number of piperidine rings is 1. The SMILES string of the molecule is N=C(N)c1cccc(C[C@H](NS(=O)(=O)c2ccc3ccccc3c2)C(=O)N2CCC[C@@H](NC(=O)O)C2)c1. The van der Waals surface area contributed by atoms with E-state index < -0.39 is 34.1 Å². The molecule has 0 aliphatic carbocycles. The number of likely N-dealkylation sites (tertiary alicyclic amines) is 1. The van der Waals surface area contributed by atoms with Gasteiger partial charge in [-0.25, -0.2) is 13.2 Å². The molecule has 1 saturated heterocycles. The molecular formula is C26H29N5O5S. The zero-order valence-corrected chi connectivity index (χ0v) is 20.9. The van der Waals surface area contributed by atoms with E-state index >= 15 is 0 Å². The lowest BCUT2D eigenvalue weighted by molar-refractivity contribution is -0.134. The number of fused-ring (bicyclic) bond motifs is 1. The number of rotatable bonds is 8. The molecule has 0 radical (unpaired) electrons. The minimum absolute atomic E-state index is 0.0281. The molecule has 0 saturated carbocycles. The van der Waals surface area contributed by atoms with Crippen LogP contribution in [0.4, 0.5) is 4.79 Å². The van der Waals surface area contributed by atoms with Crippen molar-refractivity contribution in [3.63, 3.8) is 0 Å². The van der Waals surface area contributed by atoms with Gasteiger partial charge < -0.3 is 21.1 Å². The molecule has 3 aromatic carbocycles. The van der Waals surface area contributed by atoms with Crippen molar-refractivity contribution in [3.8, 4) is 0 Å². The van der Waals surface area contributed by atoms with Crippen LogP contribution in [0.2, 0.25) is 0 Å². The molecule has 2 atom stereocenters. The molecule has 11 heteroatoms. The number of nitrogen functional groups attached to an aromatic ring is 1. The summed E-state index contributed by atoms with van der Waals surface area (Å²) in [4.78, 5) is 26.3. The van der Waals surface area contributed by atoms with Crippen LogP contribution >= 0.6 is 0 Å². The zero-order valence-electron chi connectivity index (χ0n) is 20.1. The second kappa shape index (κ2) is 11.0. The van der Waals surface area contributed by atoms with Crippen LogP contribution in [0.5, 0.6) is 0 Å². The summed E-state index contributed by atoms with van der Waals surface area (Å²) in [7, 11) is -4.09. The minimum atomic E-state index is -4.09. The molecule has 1 aliphatic rings. The second-order valence-electron chi connectivity index (χ2n) is 9.07. The summed E-state index contributed by atoms with van der Waals surface area (Å²) >= 11 is 0. The van der Waals surface area contributed by atoms with Gasteiger partial charge in [0.15, 0.2) is 0 Å². The summed E-state index contributed by atoms with van der Waals surface area (Å²) in [5.41, 5.74) is 6.70. The molecule has 0 bridgehead atoms. The van der Waals surface area contributed by atoms with Gasteiger partial charge in [0, 0.05) is 24.7 Å². The number of amides is 2. The molecule has 4 rings (SSSR count). The maximum absolute atomic E-state index is 13.6. The molecule has 37 heavy (non-hydrogen) atoms. The first-order valence-electron chi connectivity index (χ1n) is 11.8. The Balaban J connectivity index is 1.63. The smallest absolute Gasteiger partial charge is 0.404 e. The van der Waals surface area contributed by atoms with E-state index in [1.807, 2.05) is 24.3 Å². The number of hydrogen-bond acceptors (Lipinski definition) is 5. The Morgan fingerprint density at radius 2 is 1.84 bits per heavy atom. The van der Waals surface area contributed by atoms with E-state index in [1.54, 1.807) is 36.4 Å². The second-order valence-corrected chi connectivity index (χ2v) is 10.8. The summed E-state index contributed by atoms with van der Waals surface area (Å²) in [6.07, 6.45) is 0.0273. The molecular weight excluding hydrogens is 494 g/mol. The first kappa shape index (κ1) is 26.1. The number of amidine groups is 1. The van der Waals surface area contributed by atoms with Crippen LogP contribution in [-0.2, 0) is 21.2 Å². The van der Waals surface area contributed by atoms with Crippen LogP contribution in [0, 0.1) is 5.41 Å². The average molecular weight is 524 g/mol. The fraction of sp³-hybridized carbons (Fsp3) is 0.269. The van der Waals surface area contributed by atoms with Gasteiger partial charge in [-0.3, -0.25) is 10.2 Å². The van der Waals surface area contributed by atoms with Gasteiger partial charge in [0.25, 0.3) is 0 Å². The number of sulfonamides is 1. The summed E-state index contributed by atoms with van der Waals surface area (Å²) in [6, 6.07) is 17.3. The van der Waals surface area contributed by atoms with E-state index in [4.69, 9.17) is 16.2 Å². The lowest BCUT2D eigenvalue weighted by atomic mass is 10.0. The maximum atomic E-state index is 13.6. The summed E-state index contributed by atoms with van der Waals surface area (Å²) < 4.78 is 29.4.